The number of rotatable bonds is 6. The zero-order chi connectivity index (χ0) is 16.4. The van der Waals surface area contributed by atoms with Gasteiger partial charge in [0.25, 0.3) is 5.56 Å². The molecule has 0 aliphatic carbocycles. The number of nitrogens with zero attached hydrogens (tertiary/aromatic N) is 4. The van der Waals surface area contributed by atoms with Crippen molar-refractivity contribution in [2.75, 3.05) is 31.3 Å². The summed E-state index contributed by atoms with van der Waals surface area (Å²) in [6.45, 7) is 12.4. The summed E-state index contributed by atoms with van der Waals surface area (Å²) in [5.41, 5.74) is 0.756. The maximum Gasteiger partial charge on any atom is 0.258 e. The molecule has 1 aromatic heterocycles. The second-order valence-electron chi connectivity index (χ2n) is 6.06. The third kappa shape index (κ3) is 3.17. The van der Waals surface area contributed by atoms with Gasteiger partial charge >= 0.3 is 0 Å². The van der Waals surface area contributed by atoms with E-state index >= 15 is 0 Å². The fraction of sp³-hybridized carbons (Fsp3) is 0.500. The van der Waals surface area contributed by atoms with E-state index in [9.17, 15) is 4.79 Å². The Morgan fingerprint density at radius 1 is 1.09 bits per heavy atom. The zero-order valence-corrected chi connectivity index (χ0v) is 14.1. The summed E-state index contributed by atoms with van der Waals surface area (Å²) in [5.74, 6) is 0.989. The van der Waals surface area contributed by atoms with Gasteiger partial charge in [-0.25, -0.2) is 0 Å². The molecule has 2 aliphatic rings. The predicted molar refractivity (Wildman–Crippen MR) is 94.8 cm³/mol. The first-order chi connectivity index (χ1) is 11.1. The van der Waals surface area contributed by atoms with Crippen molar-refractivity contribution in [1.29, 1.82) is 0 Å². The number of nitrogens with one attached hydrogen (secondary N) is 1. The number of aromatic nitrogens is 2. The summed E-state index contributed by atoms with van der Waals surface area (Å²) in [5, 5.41) is 0. The first kappa shape index (κ1) is 16.2. The van der Waals surface area contributed by atoms with Gasteiger partial charge in [-0.05, 0) is 25.1 Å². The number of anilines is 1. The largest absolute Gasteiger partial charge is 0.331 e. The van der Waals surface area contributed by atoms with Crippen LogP contribution in [0.15, 0.2) is 30.1 Å². The van der Waals surface area contributed by atoms with Crippen LogP contribution in [0.3, 0.4) is 0 Å². The van der Waals surface area contributed by atoms with E-state index in [0.717, 1.165) is 57.3 Å². The van der Waals surface area contributed by atoms with Crippen molar-refractivity contribution in [2.45, 2.75) is 26.1 Å². The normalized spacial score (nSPS) is 17.8. The fourth-order valence-corrected chi connectivity index (χ4v) is 3.49. The van der Waals surface area contributed by atoms with Crippen LogP contribution in [-0.4, -0.2) is 45.8 Å². The van der Waals surface area contributed by atoms with Crippen molar-refractivity contribution in [3.63, 3.8) is 0 Å². The predicted octanol–water partition coefficient (Wildman–Crippen LogP) is 1.87. The van der Waals surface area contributed by atoms with Gasteiger partial charge in [0.2, 0.25) is 0 Å². The Morgan fingerprint density at radius 3 is 2.43 bits per heavy atom. The Balaban J connectivity index is 1.96. The summed E-state index contributed by atoms with van der Waals surface area (Å²) in [6, 6.07) is 0. The van der Waals surface area contributed by atoms with E-state index in [2.05, 4.69) is 32.8 Å². The number of aromatic amines is 1. The molecule has 3 heterocycles. The molecule has 0 amide bonds. The van der Waals surface area contributed by atoms with Crippen LogP contribution in [0.4, 0.5) is 5.82 Å². The summed E-state index contributed by atoms with van der Waals surface area (Å²) in [7, 11) is 0. The van der Waals surface area contributed by atoms with E-state index in [-0.39, 0.29) is 5.56 Å². The highest BCUT2D eigenvalue weighted by molar-refractivity contribution is 7.71. The highest BCUT2D eigenvalue weighted by Crippen LogP contribution is 2.28. The highest BCUT2D eigenvalue weighted by Gasteiger charge is 2.32. The van der Waals surface area contributed by atoms with E-state index in [1.807, 2.05) is 16.7 Å². The molecule has 0 aromatic carbocycles. The highest BCUT2D eigenvalue weighted by atomic mass is 32.1. The minimum Gasteiger partial charge on any atom is -0.331 e. The van der Waals surface area contributed by atoms with Crippen LogP contribution in [0.1, 0.15) is 18.4 Å². The molecule has 124 valence electrons. The van der Waals surface area contributed by atoms with Gasteiger partial charge in [0.15, 0.2) is 4.77 Å². The maximum absolute atomic E-state index is 12.4. The van der Waals surface area contributed by atoms with Crippen molar-refractivity contribution in [2.24, 2.45) is 0 Å². The zero-order valence-electron chi connectivity index (χ0n) is 13.3. The second-order valence-corrected chi connectivity index (χ2v) is 6.44. The van der Waals surface area contributed by atoms with E-state index in [1.165, 1.54) is 0 Å². The van der Waals surface area contributed by atoms with Crippen LogP contribution < -0.4 is 10.5 Å². The summed E-state index contributed by atoms with van der Waals surface area (Å²) in [6.07, 6.45) is 5.70. The Labute approximate surface area is 141 Å². The summed E-state index contributed by atoms with van der Waals surface area (Å²) >= 11 is 5.38. The van der Waals surface area contributed by atoms with Crippen LogP contribution in [-0.2, 0) is 13.2 Å². The van der Waals surface area contributed by atoms with Crippen LogP contribution in [0, 0.1) is 4.77 Å². The van der Waals surface area contributed by atoms with Crippen LogP contribution >= 0.6 is 12.2 Å². The van der Waals surface area contributed by atoms with E-state index in [1.54, 1.807) is 0 Å². The van der Waals surface area contributed by atoms with Crippen molar-refractivity contribution in [1.82, 2.24) is 19.4 Å². The van der Waals surface area contributed by atoms with Gasteiger partial charge in [0.05, 0.1) is 25.6 Å². The summed E-state index contributed by atoms with van der Waals surface area (Å²) < 4.78 is 2.55. The third-order valence-corrected chi connectivity index (χ3v) is 4.65. The number of hydrogen-bond acceptors (Lipinski definition) is 5. The molecule has 23 heavy (non-hydrogen) atoms. The van der Waals surface area contributed by atoms with Crippen LogP contribution in [0.5, 0.6) is 0 Å². The standard InChI is InChI=1S/C16H23N5OS/c1-3-5-7-18-9-13-14(22)17-16(23)21-12-19(8-6-4-2)11-20(10-18)15(13)21/h3-4H,1-2,5-12H2,(H,17,22,23). The van der Waals surface area contributed by atoms with Gasteiger partial charge in [0, 0.05) is 19.6 Å². The molecule has 0 saturated carbocycles. The van der Waals surface area contributed by atoms with Gasteiger partial charge < -0.3 is 4.90 Å². The van der Waals surface area contributed by atoms with Crippen molar-refractivity contribution < 1.29 is 0 Å². The van der Waals surface area contributed by atoms with Crippen molar-refractivity contribution in [3.05, 3.63) is 46.0 Å². The lowest BCUT2D eigenvalue weighted by atomic mass is 10.2. The number of H-pyrrole nitrogens is 1. The molecule has 6 nitrogen and oxygen atoms in total. The summed E-state index contributed by atoms with van der Waals surface area (Å²) in [4.78, 5) is 22.0. The van der Waals surface area contributed by atoms with Crippen molar-refractivity contribution >= 4 is 18.0 Å². The molecular weight excluding hydrogens is 310 g/mol. The lowest BCUT2D eigenvalue weighted by Gasteiger charge is -2.45. The first-order valence-electron chi connectivity index (χ1n) is 7.91. The lowest BCUT2D eigenvalue weighted by Crippen LogP contribution is -2.54. The molecule has 0 spiro atoms. The molecule has 2 aliphatic heterocycles. The van der Waals surface area contributed by atoms with Gasteiger partial charge in [0.1, 0.15) is 5.82 Å². The Hall–Kier alpha value is -1.70. The van der Waals surface area contributed by atoms with Gasteiger partial charge in [-0.15, -0.1) is 13.2 Å². The quantitative estimate of drug-likeness (QED) is 0.636. The Morgan fingerprint density at radius 2 is 1.74 bits per heavy atom. The molecule has 0 bridgehead atoms. The second kappa shape index (κ2) is 6.82. The Bertz CT molecular complexity index is 666. The average molecular weight is 333 g/mol. The minimum absolute atomic E-state index is 0.0610. The topological polar surface area (TPSA) is 47.5 Å². The van der Waals surface area contributed by atoms with Crippen LogP contribution in [0.2, 0.25) is 0 Å². The SMILES string of the molecule is C=CCCN1Cc2c3n(c(=S)[nH]c2=O)CN(CCC=C)CN3C1. The molecule has 0 saturated heterocycles. The molecule has 0 atom stereocenters. The van der Waals surface area contributed by atoms with E-state index < -0.39 is 0 Å². The lowest BCUT2D eigenvalue weighted by molar-refractivity contribution is 0.158. The van der Waals surface area contributed by atoms with Crippen LogP contribution in [0.25, 0.3) is 0 Å². The molecule has 7 heteroatoms. The average Bonchev–Trinajstić information content (AvgIpc) is 2.55. The third-order valence-electron chi connectivity index (χ3n) is 4.33. The smallest absolute Gasteiger partial charge is 0.258 e. The van der Waals surface area contributed by atoms with E-state index in [0.29, 0.717) is 11.3 Å². The fourth-order valence-electron chi connectivity index (χ4n) is 3.25. The molecule has 1 aromatic rings. The molecule has 0 unspecified atom stereocenters. The van der Waals surface area contributed by atoms with Gasteiger partial charge in [-0.3, -0.25) is 24.1 Å². The maximum atomic E-state index is 12.4. The molecule has 0 radical (unpaired) electrons. The van der Waals surface area contributed by atoms with E-state index in [4.69, 9.17) is 12.2 Å². The Kier molecular flexibility index (Phi) is 4.79. The molecular formula is C16H23N5OS. The molecule has 0 fully saturated rings. The number of hydrogen-bond donors (Lipinski definition) is 1. The minimum atomic E-state index is -0.0610. The van der Waals surface area contributed by atoms with Gasteiger partial charge in [-0.1, -0.05) is 12.2 Å². The molecule has 3 rings (SSSR count). The monoisotopic (exact) mass is 333 g/mol. The van der Waals surface area contributed by atoms with Crippen molar-refractivity contribution in [3.8, 4) is 0 Å². The first-order valence-corrected chi connectivity index (χ1v) is 8.32. The van der Waals surface area contributed by atoms with Gasteiger partial charge in [-0.2, -0.15) is 0 Å². The molecule has 1 N–H and O–H groups in total.